The van der Waals surface area contributed by atoms with Crippen LogP contribution in [0.2, 0.25) is 0 Å². The van der Waals surface area contributed by atoms with Crippen LogP contribution in [-0.4, -0.2) is 96.4 Å². The molecule has 17 atom stereocenters. The van der Waals surface area contributed by atoms with Crippen molar-refractivity contribution in [3.63, 3.8) is 0 Å². The summed E-state index contributed by atoms with van der Waals surface area (Å²) in [5.41, 5.74) is -13.5. The van der Waals surface area contributed by atoms with Crippen molar-refractivity contribution in [2.24, 2.45) is 57.2 Å². The van der Waals surface area contributed by atoms with Crippen LogP contribution in [0, 0.1) is 57.2 Å². The summed E-state index contributed by atoms with van der Waals surface area (Å²) in [6, 6.07) is 0. The molecule has 8 aliphatic carbocycles. The van der Waals surface area contributed by atoms with Gasteiger partial charge in [0.25, 0.3) is 0 Å². The minimum Gasteiger partial charge on any atom is -0.390 e. The Hall–Kier alpha value is -2.55. The van der Waals surface area contributed by atoms with Gasteiger partial charge in [0.1, 0.15) is 24.4 Å². The van der Waals surface area contributed by atoms with E-state index < -0.39 is 131 Å². The van der Waals surface area contributed by atoms with E-state index in [4.69, 9.17) is 9.05 Å². The normalized spacial score (nSPS) is 51.9. The first-order valence-electron chi connectivity index (χ1n) is 21.0. The highest BCUT2D eigenvalue weighted by Gasteiger charge is 2.78. The molecule has 0 radical (unpaired) electrons. The maximum atomic E-state index is 17.8. The van der Waals surface area contributed by atoms with Gasteiger partial charge in [0.2, 0.25) is 0 Å². The highest BCUT2D eigenvalue weighted by molar-refractivity contribution is 7.47. The number of carbonyl (C=O) groups is 4. The largest absolute Gasteiger partial charge is 0.473 e. The van der Waals surface area contributed by atoms with Gasteiger partial charge in [0.05, 0.1) is 12.2 Å². The zero-order valence-corrected chi connectivity index (χ0v) is 35.3. The lowest BCUT2D eigenvalue weighted by Gasteiger charge is -2.63. The Kier molecular flexibility index (Phi) is 9.67. The molecule has 8 aliphatic rings. The second-order valence-electron chi connectivity index (χ2n) is 20.1. The maximum absolute atomic E-state index is 17.8. The Bertz CT molecular complexity index is 2080. The number of hydrogen-bond acceptors (Lipinski definition) is 11. The van der Waals surface area contributed by atoms with Crippen LogP contribution in [0.25, 0.3) is 0 Å². The summed E-state index contributed by atoms with van der Waals surface area (Å²) < 4.78 is 60.9. The summed E-state index contributed by atoms with van der Waals surface area (Å²) in [4.78, 5) is 64.3. The molecule has 8 rings (SSSR count). The van der Waals surface area contributed by atoms with E-state index in [1.807, 2.05) is 0 Å². The molecule has 12 nitrogen and oxygen atoms in total. The lowest BCUT2D eigenvalue weighted by atomic mass is 9.44. The minimum atomic E-state index is -5.46. The van der Waals surface area contributed by atoms with Crippen molar-refractivity contribution in [3.8, 4) is 0 Å². The van der Waals surface area contributed by atoms with Crippen molar-refractivity contribution in [2.75, 3.05) is 13.2 Å². The predicted octanol–water partition coefficient (Wildman–Crippen LogP) is 4.95. The van der Waals surface area contributed by atoms with Crippen LogP contribution in [0.15, 0.2) is 47.6 Å². The molecule has 0 aromatic heterocycles. The first kappa shape index (κ1) is 43.1. The number of hydrogen-bond donors (Lipinski definition) is 5. The van der Waals surface area contributed by atoms with Gasteiger partial charge in [-0.25, -0.2) is 13.3 Å². The van der Waals surface area contributed by atoms with Gasteiger partial charge in [-0.3, -0.25) is 28.2 Å². The topological polar surface area (TPSA) is 205 Å². The average Bonchev–Trinajstić information content (AvgIpc) is 3.50. The van der Waals surface area contributed by atoms with E-state index in [-0.39, 0.29) is 43.7 Å². The van der Waals surface area contributed by atoms with E-state index in [0.717, 1.165) is 0 Å². The molecule has 0 heterocycles. The Labute approximate surface area is 342 Å². The third kappa shape index (κ3) is 5.15. The fourth-order valence-electron chi connectivity index (χ4n) is 15.1. The van der Waals surface area contributed by atoms with E-state index in [9.17, 15) is 49.1 Å². The van der Waals surface area contributed by atoms with Crippen LogP contribution in [0.4, 0.5) is 8.78 Å². The molecule has 0 spiro atoms. The molecule has 0 bridgehead atoms. The third-order valence-electron chi connectivity index (χ3n) is 18.0. The highest BCUT2D eigenvalue weighted by atomic mass is 31.2. The minimum absolute atomic E-state index is 0.112. The van der Waals surface area contributed by atoms with E-state index in [0.29, 0.717) is 24.0 Å². The molecular formula is C44H57F2O12P. The molecule has 0 aliphatic heterocycles. The van der Waals surface area contributed by atoms with Gasteiger partial charge in [-0.1, -0.05) is 51.0 Å². The fourth-order valence-corrected chi connectivity index (χ4v) is 16.3. The summed E-state index contributed by atoms with van der Waals surface area (Å²) in [5.74, 6) is -7.25. The Morgan fingerprint density at radius 2 is 1.24 bits per heavy atom. The number of carbonyl (C=O) groups excluding carboxylic acids is 4. The molecule has 15 heteroatoms. The van der Waals surface area contributed by atoms with Crippen LogP contribution in [0.1, 0.15) is 92.9 Å². The summed E-state index contributed by atoms with van der Waals surface area (Å²) in [6.45, 7) is 7.40. The Balaban J connectivity index is 1.06. The molecule has 0 aromatic carbocycles. The molecular weight excluding hydrogens is 789 g/mol. The zero-order valence-electron chi connectivity index (χ0n) is 34.5. The van der Waals surface area contributed by atoms with Gasteiger partial charge >= 0.3 is 7.82 Å². The number of fused-ring (bicyclic) bond motifs is 10. The van der Waals surface area contributed by atoms with Crippen molar-refractivity contribution in [3.05, 3.63) is 47.6 Å². The first-order valence-corrected chi connectivity index (χ1v) is 22.5. The average molecular weight is 847 g/mol. The van der Waals surface area contributed by atoms with Gasteiger partial charge in [0, 0.05) is 33.5 Å². The zero-order chi connectivity index (χ0) is 43.3. The van der Waals surface area contributed by atoms with Crippen LogP contribution < -0.4 is 0 Å². The van der Waals surface area contributed by atoms with Crippen molar-refractivity contribution in [2.45, 2.75) is 128 Å². The molecule has 3 unspecified atom stereocenters. The standard InChI is InChI=1S/C44H57F2O12P/c1-23-15-31-29-9-7-25-17-27(48)11-13-37(25,3)41(29,45)33(50)19-39(31,5)43(23,54)36(53)22-57-59(55,56)58-44(35(52)21-47)24(2)16-32-30-10-8-26-18-28(49)12-14-38(26,4)42(30,46)34(51)20-40(32,44)6/h11-14,17-18,23-24,29-34,47,50-51,54H,7-10,15-16,19-22H2,1-6H3,(H,55,56)/t23-,24-,29?,30+,31?,32+,33+,34+,37+,38+,39+,40+,41+,42+,43+,44+/m1/s1. The van der Waals surface area contributed by atoms with Crippen molar-refractivity contribution in [1.82, 2.24) is 0 Å². The molecule has 0 saturated heterocycles. The Morgan fingerprint density at radius 3 is 1.73 bits per heavy atom. The maximum Gasteiger partial charge on any atom is 0.473 e. The van der Waals surface area contributed by atoms with E-state index in [2.05, 4.69) is 0 Å². The molecule has 6 saturated carbocycles. The second-order valence-corrected chi connectivity index (χ2v) is 21.5. The molecule has 0 aromatic rings. The van der Waals surface area contributed by atoms with Gasteiger partial charge in [-0.2, -0.15) is 0 Å². The SMILES string of the molecule is C[C@@H]1CC2C3CCC4=CC(=O)C=C[C@]4(C)[C@@]3(F)[C@@H](O)C[C@]2(C)[C@@]1(O)C(=O)COP(=O)(O)O[C@]1(C(=O)CO)[C@H](C)C[C@H]2[C@@H]3CCC4=CC(=O)C=C[C@]4(C)[C@@]3(F)[C@@H](O)C[C@@]21C. The highest BCUT2D eigenvalue weighted by Crippen LogP contribution is 2.74. The summed E-state index contributed by atoms with van der Waals surface area (Å²) in [7, 11) is -5.46. The fraction of sp³-hybridized carbons (Fsp3) is 0.727. The predicted molar refractivity (Wildman–Crippen MR) is 207 cm³/mol. The van der Waals surface area contributed by atoms with Crippen molar-refractivity contribution in [1.29, 1.82) is 0 Å². The number of aliphatic hydroxyl groups is 4. The number of ketones is 4. The quantitative estimate of drug-likeness (QED) is 0.206. The van der Waals surface area contributed by atoms with Gasteiger partial charge in [-0.05, 0) is 113 Å². The number of aliphatic hydroxyl groups excluding tert-OH is 3. The lowest BCUT2D eigenvalue weighted by molar-refractivity contribution is -0.220. The first-order chi connectivity index (χ1) is 27.3. The monoisotopic (exact) mass is 846 g/mol. The number of alkyl halides is 2. The van der Waals surface area contributed by atoms with Crippen LogP contribution in [0.5, 0.6) is 0 Å². The van der Waals surface area contributed by atoms with Crippen molar-refractivity contribution < 1.29 is 66.9 Å². The van der Waals surface area contributed by atoms with Crippen molar-refractivity contribution >= 4 is 31.0 Å². The molecule has 6 fully saturated rings. The molecule has 5 N–H and O–H groups in total. The van der Waals surface area contributed by atoms with Crippen LogP contribution >= 0.6 is 7.82 Å². The molecule has 324 valence electrons. The lowest BCUT2D eigenvalue weighted by Crippen LogP contribution is -2.69. The van der Waals surface area contributed by atoms with Gasteiger partial charge in [-0.15, -0.1) is 0 Å². The van der Waals surface area contributed by atoms with Gasteiger partial charge < -0.3 is 25.3 Å². The Morgan fingerprint density at radius 1 is 0.780 bits per heavy atom. The molecule has 0 amide bonds. The van der Waals surface area contributed by atoms with Gasteiger partial charge in [0.15, 0.2) is 34.5 Å². The smallest absolute Gasteiger partial charge is 0.390 e. The number of phosphoric ester groups is 1. The number of halogens is 2. The summed E-state index contributed by atoms with van der Waals surface area (Å²) in [5, 5.41) is 46.3. The van der Waals surface area contributed by atoms with Crippen LogP contribution in [0.3, 0.4) is 0 Å². The van der Waals surface area contributed by atoms with E-state index in [1.165, 1.54) is 36.5 Å². The number of phosphoric acid groups is 1. The molecule has 59 heavy (non-hydrogen) atoms. The summed E-state index contributed by atoms with van der Waals surface area (Å²) >= 11 is 0. The van der Waals surface area contributed by atoms with E-state index in [1.54, 1.807) is 41.5 Å². The number of rotatable bonds is 8. The van der Waals surface area contributed by atoms with Crippen LogP contribution in [-0.2, 0) is 32.8 Å². The number of Topliss-reactive ketones (excluding diaryl/α,β-unsaturated/α-hetero) is 2. The third-order valence-corrected chi connectivity index (χ3v) is 19.0. The second kappa shape index (κ2) is 13.2. The van der Waals surface area contributed by atoms with E-state index >= 15 is 8.78 Å². The summed E-state index contributed by atoms with van der Waals surface area (Å²) in [6.07, 6.45) is 5.75. The number of allylic oxidation sites excluding steroid dienone is 8.